The van der Waals surface area contributed by atoms with Gasteiger partial charge in [-0.15, -0.1) is 11.3 Å². The van der Waals surface area contributed by atoms with Crippen molar-refractivity contribution in [1.29, 1.82) is 0 Å². The van der Waals surface area contributed by atoms with Gasteiger partial charge >= 0.3 is 0 Å². The second kappa shape index (κ2) is 7.12. The molecular weight excluding hydrogens is 278 g/mol. The Morgan fingerprint density at radius 1 is 1.67 bits per heavy atom. The maximum atomic E-state index is 10.5. The molecule has 0 unspecified atom stereocenters. The maximum Gasteiger partial charge on any atom is 0.271 e. The van der Waals surface area contributed by atoms with E-state index in [-0.39, 0.29) is 5.96 Å². The molecular formula is C9H14ClN5O2S. The summed E-state index contributed by atoms with van der Waals surface area (Å²) in [5.41, 5.74) is 0. The lowest BCUT2D eigenvalue weighted by Gasteiger charge is -2.20. The average molecular weight is 292 g/mol. The molecule has 1 aromatic rings. The number of nitrogens with zero attached hydrogens (tertiary/aromatic N) is 4. The van der Waals surface area contributed by atoms with E-state index < -0.39 is 5.03 Å². The smallest absolute Gasteiger partial charge is 0.271 e. The predicted molar refractivity (Wildman–Crippen MR) is 71.3 cm³/mol. The summed E-state index contributed by atoms with van der Waals surface area (Å²) in [5.74, 6) is 0.245. The van der Waals surface area contributed by atoms with Gasteiger partial charge in [-0.1, -0.05) is 11.6 Å². The quantitative estimate of drug-likeness (QED) is 0.387. The number of halogens is 1. The van der Waals surface area contributed by atoms with Crippen molar-refractivity contribution in [3.05, 3.63) is 25.7 Å². The van der Waals surface area contributed by atoms with Crippen molar-refractivity contribution in [3.8, 4) is 0 Å². The van der Waals surface area contributed by atoms with Gasteiger partial charge in [0.25, 0.3) is 5.96 Å². The molecule has 0 fully saturated rings. The molecule has 0 saturated heterocycles. The van der Waals surface area contributed by atoms with Crippen molar-refractivity contribution in [2.75, 3.05) is 13.1 Å². The summed E-state index contributed by atoms with van der Waals surface area (Å²) in [6, 6.07) is 0. The molecule has 0 aromatic carbocycles. The van der Waals surface area contributed by atoms with E-state index in [0.29, 0.717) is 24.1 Å². The fraction of sp³-hybridized carbons (Fsp3) is 0.556. The molecule has 0 aliphatic heterocycles. The summed E-state index contributed by atoms with van der Waals surface area (Å²) in [6.07, 6.45) is 1.63. The highest BCUT2D eigenvalue weighted by molar-refractivity contribution is 7.15. The molecule has 0 saturated carbocycles. The average Bonchev–Trinajstić information content (AvgIpc) is 2.72. The number of aromatic nitrogens is 1. The second-order valence-corrected chi connectivity index (χ2v) is 4.96. The number of thiazole rings is 1. The molecule has 18 heavy (non-hydrogen) atoms. The van der Waals surface area contributed by atoms with Crippen LogP contribution in [0.5, 0.6) is 0 Å². The van der Waals surface area contributed by atoms with Gasteiger partial charge < -0.3 is 10.2 Å². The minimum absolute atomic E-state index is 0.245. The number of hydrogen-bond donors (Lipinski definition) is 1. The third kappa shape index (κ3) is 4.46. The van der Waals surface area contributed by atoms with E-state index in [0.717, 1.165) is 4.88 Å². The SMILES string of the molecule is CCN(CC)/C(=N\[N+](=O)[O-])NCc1cnc(Cl)s1. The molecule has 0 amide bonds. The lowest BCUT2D eigenvalue weighted by molar-refractivity contribution is -0.486. The monoisotopic (exact) mass is 291 g/mol. The maximum absolute atomic E-state index is 10.5. The largest absolute Gasteiger partial charge is 0.346 e. The summed E-state index contributed by atoms with van der Waals surface area (Å²) in [5, 5.41) is 16.0. The van der Waals surface area contributed by atoms with E-state index >= 15 is 0 Å². The summed E-state index contributed by atoms with van der Waals surface area (Å²) in [6.45, 7) is 5.50. The third-order valence-corrected chi connectivity index (χ3v) is 3.30. The van der Waals surface area contributed by atoms with Crippen LogP contribution in [0.15, 0.2) is 11.3 Å². The van der Waals surface area contributed by atoms with Crippen molar-refractivity contribution in [3.63, 3.8) is 0 Å². The van der Waals surface area contributed by atoms with Crippen molar-refractivity contribution >= 4 is 28.9 Å². The zero-order valence-electron chi connectivity index (χ0n) is 10.1. The van der Waals surface area contributed by atoms with E-state index in [1.165, 1.54) is 11.3 Å². The van der Waals surface area contributed by atoms with Crippen molar-refractivity contribution in [2.45, 2.75) is 20.4 Å². The van der Waals surface area contributed by atoms with Crippen LogP contribution in [0, 0.1) is 10.1 Å². The molecule has 0 spiro atoms. The van der Waals surface area contributed by atoms with Crippen LogP contribution in [0.4, 0.5) is 0 Å². The Labute approximate surface area is 114 Å². The van der Waals surface area contributed by atoms with Crippen LogP contribution in [-0.4, -0.2) is 34.0 Å². The van der Waals surface area contributed by atoms with Crippen molar-refractivity contribution in [1.82, 2.24) is 15.2 Å². The lowest BCUT2D eigenvalue weighted by Crippen LogP contribution is -2.41. The molecule has 0 aliphatic rings. The third-order valence-electron chi connectivity index (χ3n) is 2.19. The van der Waals surface area contributed by atoms with E-state index in [1.54, 1.807) is 11.1 Å². The number of guanidine groups is 1. The van der Waals surface area contributed by atoms with Gasteiger partial charge in [-0.05, 0) is 13.8 Å². The molecule has 0 bridgehead atoms. The second-order valence-electron chi connectivity index (χ2n) is 3.27. The highest BCUT2D eigenvalue weighted by Crippen LogP contribution is 2.17. The van der Waals surface area contributed by atoms with Gasteiger partial charge in [0.15, 0.2) is 9.50 Å². The first-order chi connectivity index (χ1) is 8.56. The van der Waals surface area contributed by atoms with Gasteiger partial charge in [0.2, 0.25) is 0 Å². The van der Waals surface area contributed by atoms with Gasteiger partial charge in [0.05, 0.1) is 6.54 Å². The Balaban J connectivity index is 2.70. The molecule has 1 heterocycles. The first-order valence-corrected chi connectivity index (χ1v) is 6.58. The molecule has 1 N–H and O–H groups in total. The van der Waals surface area contributed by atoms with Crippen LogP contribution in [0.25, 0.3) is 0 Å². The minimum Gasteiger partial charge on any atom is -0.346 e. The molecule has 9 heteroatoms. The van der Waals surface area contributed by atoms with Crippen LogP contribution in [0.2, 0.25) is 4.47 Å². The zero-order chi connectivity index (χ0) is 13.5. The lowest BCUT2D eigenvalue weighted by atomic mass is 10.5. The van der Waals surface area contributed by atoms with Crippen LogP contribution >= 0.6 is 22.9 Å². The van der Waals surface area contributed by atoms with Gasteiger partial charge in [-0.3, -0.25) is 0 Å². The molecule has 0 aliphatic carbocycles. The Kier molecular flexibility index (Phi) is 5.79. The van der Waals surface area contributed by atoms with E-state index in [9.17, 15) is 10.1 Å². The van der Waals surface area contributed by atoms with Gasteiger partial charge in [-0.2, -0.15) is 0 Å². The van der Waals surface area contributed by atoms with Crippen molar-refractivity contribution in [2.24, 2.45) is 5.10 Å². The highest BCUT2D eigenvalue weighted by Gasteiger charge is 2.12. The number of rotatable bonds is 5. The van der Waals surface area contributed by atoms with Crippen LogP contribution in [-0.2, 0) is 6.54 Å². The minimum atomic E-state index is -0.708. The Morgan fingerprint density at radius 3 is 2.78 bits per heavy atom. The molecule has 7 nitrogen and oxygen atoms in total. The molecule has 1 rings (SSSR count). The van der Waals surface area contributed by atoms with Gasteiger partial charge in [-0.25, -0.2) is 15.1 Å². The van der Waals surface area contributed by atoms with Crippen LogP contribution in [0.1, 0.15) is 18.7 Å². The fourth-order valence-corrected chi connectivity index (χ4v) is 2.26. The normalized spacial score (nSPS) is 11.4. The summed E-state index contributed by atoms with van der Waals surface area (Å²) in [4.78, 5) is 17.0. The molecule has 100 valence electrons. The predicted octanol–water partition coefficient (Wildman–Crippen LogP) is 1.78. The number of nitro groups is 1. The molecule has 1 aromatic heterocycles. The van der Waals surface area contributed by atoms with Crippen LogP contribution < -0.4 is 5.32 Å². The Bertz CT molecular complexity index is 432. The number of hydrazone groups is 1. The molecule has 0 radical (unpaired) electrons. The fourth-order valence-electron chi connectivity index (χ4n) is 1.34. The number of nitrogens with one attached hydrogen (secondary N) is 1. The van der Waals surface area contributed by atoms with E-state index in [2.05, 4.69) is 15.4 Å². The molecule has 0 atom stereocenters. The Morgan fingerprint density at radius 2 is 2.33 bits per heavy atom. The standard InChI is InChI=1S/C9H14ClN5O2S/c1-3-14(4-2)9(13-15(16)17)12-6-7-5-11-8(10)18-7/h5H,3-4,6H2,1-2H3,(H,12,13). The topological polar surface area (TPSA) is 83.7 Å². The summed E-state index contributed by atoms with van der Waals surface area (Å²) < 4.78 is 0.447. The number of hydrogen-bond acceptors (Lipinski definition) is 4. The highest BCUT2D eigenvalue weighted by atomic mass is 35.5. The van der Waals surface area contributed by atoms with Crippen LogP contribution in [0.3, 0.4) is 0 Å². The van der Waals surface area contributed by atoms with E-state index in [1.807, 2.05) is 13.8 Å². The Hall–Kier alpha value is -1.41. The first kappa shape index (κ1) is 14.7. The summed E-state index contributed by atoms with van der Waals surface area (Å²) in [7, 11) is 0. The van der Waals surface area contributed by atoms with Gasteiger partial charge in [0, 0.05) is 24.2 Å². The zero-order valence-corrected chi connectivity index (χ0v) is 11.7. The van der Waals surface area contributed by atoms with Crippen molar-refractivity contribution < 1.29 is 5.03 Å². The van der Waals surface area contributed by atoms with Gasteiger partial charge in [0.1, 0.15) is 5.10 Å². The van der Waals surface area contributed by atoms with E-state index in [4.69, 9.17) is 11.6 Å². The first-order valence-electron chi connectivity index (χ1n) is 5.38. The summed E-state index contributed by atoms with van der Waals surface area (Å²) >= 11 is 7.03.